The Labute approximate surface area is 168 Å². The first-order valence-corrected chi connectivity index (χ1v) is 10.4. The van der Waals surface area contributed by atoms with E-state index in [1.165, 1.54) is 19.3 Å². The molecule has 2 atom stereocenters. The molecule has 1 N–H and O–H groups in total. The average molecular weight is 388 g/mol. The summed E-state index contributed by atoms with van der Waals surface area (Å²) < 4.78 is 16.2. The summed E-state index contributed by atoms with van der Waals surface area (Å²) in [5.74, 6) is 2.16. The molecule has 2 unspecified atom stereocenters. The molecule has 154 valence electrons. The van der Waals surface area contributed by atoms with Gasteiger partial charge in [0.15, 0.2) is 11.5 Å². The third-order valence-electron chi connectivity index (χ3n) is 7.07. The van der Waals surface area contributed by atoms with E-state index in [0.717, 1.165) is 24.9 Å². The number of carbonyl (C=O) groups excluding carboxylic acids is 1. The van der Waals surface area contributed by atoms with Crippen molar-refractivity contribution in [2.24, 2.45) is 22.2 Å². The Morgan fingerprint density at radius 1 is 1.04 bits per heavy atom. The van der Waals surface area contributed by atoms with Crippen LogP contribution in [0.4, 0.5) is 5.69 Å². The maximum atomic E-state index is 13.5. The molecule has 1 amide bonds. The van der Waals surface area contributed by atoms with Crippen LogP contribution >= 0.6 is 0 Å². The van der Waals surface area contributed by atoms with Gasteiger partial charge in [-0.05, 0) is 67.4 Å². The number of carbonyl (C=O) groups is 1. The fourth-order valence-electron chi connectivity index (χ4n) is 7.07. The van der Waals surface area contributed by atoms with Crippen LogP contribution in [0.2, 0.25) is 0 Å². The van der Waals surface area contributed by atoms with Crippen molar-refractivity contribution in [2.45, 2.75) is 52.4 Å². The molecule has 4 aliphatic rings. The minimum atomic E-state index is -0.222. The molecule has 1 aromatic rings. The molecule has 0 radical (unpaired) electrons. The standard InChI is InChI=1S/C23H33NO4/c1-21-10-16-11-22(2,13-21)15-23(12-16,14-21)20(25)24-17-5-6-18(27-4)19(9-17)28-8-7-26-3/h5-6,9,16H,7-8,10-15H2,1-4H3,(H,24,25). The molecule has 0 heterocycles. The van der Waals surface area contributed by atoms with Crippen LogP contribution in [0, 0.1) is 22.2 Å². The fourth-order valence-corrected chi connectivity index (χ4v) is 7.07. The summed E-state index contributed by atoms with van der Waals surface area (Å²) in [6.45, 7) is 5.73. The van der Waals surface area contributed by atoms with Crippen molar-refractivity contribution in [3.05, 3.63) is 18.2 Å². The minimum Gasteiger partial charge on any atom is -0.493 e. The molecule has 4 saturated carbocycles. The fraction of sp³-hybridized carbons (Fsp3) is 0.696. The van der Waals surface area contributed by atoms with Gasteiger partial charge in [0.1, 0.15) is 6.61 Å². The molecular weight excluding hydrogens is 354 g/mol. The lowest BCUT2D eigenvalue weighted by Gasteiger charge is -2.64. The van der Waals surface area contributed by atoms with Gasteiger partial charge in [-0.1, -0.05) is 13.8 Å². The van der Waals surface area contributed by atoms with Crippen LogP contribution in [-0.4, -0.2) is 33.3 Å². The van der Waals surface area contributed by atoms with E-state index in [9.17, 15) is 4.79 Å². The van der Waals surface area contributed by atoms with E-state index in [1.54, 1.807) is 14.2 Å². The number of amides is 1. The summed E-state index contributed by atoms with van der Waals surface area (Å²) in [4.78, 5) is 13.5. The number of hydrogen-bond donors (Lipinski definition) is 1. The molecule has 1 aromatic carbocycles. The highest BCUT2D eigenvalue weighted by atomic mass is 16.5. The number of benzene rings is 1. The molecule has 0 aromatic heterocycles. The normalized spacial score (nSPS) is 35.6. The third kappa shape index (κ3) is 3.49. The molecular formula is C23H33NO4. The zero-order chi connectivity index (χ0) is 20.0. The molecule has 28 heavy (non-hydrogen) atoms. The first-order chi connectivity index (χ1) is 13.3. The van der Waals surface area contributed by atoms with Crippen LogP contribution in [0.15, 0.2) is 18.2 Å². The zero-order valence-electron chi connectivity index (χ0n) is 17.6. The maximum Gasteiger partial charge on any atom is 0.230 e. The number of nitrogens with one attached hydrogen (secondary N) is 1. The summed E-state index contributed by atoms with van der Waals surface area (Å²) >= 11 is 0. The van der Waals surface area contributed by atoms with E-state index < -0.39 is 0 Å². The number of rotatable bonds is 7. The van der Waals surface area contributed by atoms with Crippen molar-refractivity contribution < 1.29 is 19.0 Å². The Balaban J connectivity index is 1.53. The molecule has 4 bridgehead atoms. The lowest BCUT2D eigenvalue weighted by molar-refractivity contribution is -0.165. The molecule has 4 aliphatic carbocycles. The van der Waals surface area contributed by atoms with E-state index >= 15 is 0 Å². The van der Waals surface area contributed by atoms with Gasteiger partial charge >= 0.3 is 0 Å². The van der Waals surface area contributed by atoms with Crippen molar-refractivity contribution in [3.63, 3.8) is 0 Å². The van der Waals surface area contributed by atoms with Crippen molar-refractivity contribution in [3.8, 4) is 11.5 Å². The number of anilines is 1. The van der Waals surface area contributed by atoms with E-state index in [-0.39, 0.29) is 11.3 Å². The van der Waals surface area contributed by atoms with Crippen LogP contribution in [-0.2, 0) is 9.53 Å². The minimum absolute atomic E-state index is 0.182. The van der Waals surface area contributed by atoms with E-state index in [0.29, 0.717) is 41.5 Å². The quantitative estimate of drug-likeness (QED) is 0.692. The lowest BCUT2D eigenvalue weighted by atomic mass is 9.40. The smallest absolute Gasteiger partial charge is 0.230 e. The van der Waals surface area contributed by atoms with Crippen LogP contribution in [0.1, 0.15) is 52.4 Å². The van der Waals surface area contributed by atoms with Gasteiger partial charge in [-0.15, -0.1) is 0 Å². The number of hydrogen-bond acceptors (Lipinski definition) is 4. The maximum absolute atomic E-state index is 13.5. The Morgan fingerprint density at radius 3 is 2.36 bits per heavy atom. The summed E-state index contributed by atoms with van der Waals surface area (Å²) in [5.41, 5.74) is 1.18. The topological polar surface area (TPSA) is 56.8 Å². The Kier molecular flexibility index (Phi) is 4.85. The summed E-state index contributed by atoms with van der Waals surface area (Å²) in [6, 6.07) is 5.60. The van der Waals surface area contributed by atoms with Gasteiger partial charge < -0.3 is 19.5 Å². The Hall–Kier alpha value is -1.75. The number of methoxy groups -OCH3 is 2. The van der Waals surface area contributed by atoms with E-state index in [1.807, 2.05) is 18.2 Å². The van der Waals surface area contributed by atoms with Crippen LogP contribution in [0.5, 0.6) is 11.5 Å². The summed E-state index contributed by atoms with van der Waals surface area (Å²) in [6.07, 6.45) is 6.93. The van der Waals surface area contributed by atoms with Gasteiger partial charge in [0.25, 0.3) is 0 Å². The SMILES string of the molecule is COCCOc1cc(NC(=O)C23CC4CC(C)(CC(C)(C4)C2)C3)ccc1OC. The van der Waals surface area contributed by atoms with E-state index in [2.05, 4.69) is 19.2 Å². The zero-order valence-corrected chi connectivity index (χ0v) is 17.6. The Bertz CT molecular complexity index is 743. The average Bonchev–Trinajstić information content (AvgIpc) is 2.59. The molecule has 0 spiro atoms. The van der Waals surface area contributed by atoms with Crippen LogP contribution in [0.3, 0.4) is 0 Å². The lowest BCUT2D eigenvalue weighted by Crippen LogP contribution is -2.58. The second-order valence-corrected chi connectivity index (χ2v) is 10.1. The first-order valence-electron chi connectivity index (χ1n) is 10.4. The number of ether oxygens (including phenoxy) is 3. The molecule has 0 saturated heterocycles. The third-order valence-corrected chi connectivity index (χ3v) is 7.07. The van der Waals surface area contributed by atoms with Gasteiger partial charge in [0, 0.05) is 18.9 Å². The van der Waals surface area contributed by atoms with Crippen molar-refractivity contribution in [1.82, 2.24) is 0 Å². The Morgan fingerprint density at radius 2 is 1.75 bits per heavy atom. The molecule has 4 fully saturated rings. The first kappa shape index (κ1) is 19.6. The molecule has 5 nitrogen and oxygen atoms in total. The van der Waals surface area contributed by atoms with Crippen molar-refractivity contribution >= 4 is 11.6 Å². The highest BCUT2D eigenvalue weighted by molar-refractivity contribution is 5.96. The van der Waals surface area contributed by atoms with Gasteiger partial charge in [-0.25, -0.2) is 0 Å². The highest BCUT2D eigenvalue weighted by Gasteiger charge is 2.62. The predicted molar refractivity (Wildman–Crippen MR) is 109 cm³/mol. The van der Waals surface area contributed by atoms with Gasteiger partial charge in [-0.3, -0.25) is 4.79 Å². The molecule has 0 aliphatic heterocycles. The molecule has 5 heteroatoms. The van der Waals surface area contributed by atoms with E-state index in [4.69, 9.17) is 14.2 Å². The second-order valence-electron chi connectivity index (χ2n) is 10.1. The highest BCUT2D eigenvalue weighted by Crippen LogP contribution is 2.69. The van der Waals surface area contributed by atoms with Gasteiger partial charge in [0.2, 0.25) is 5.91 Å². The van der Waals surface area contributed by atoms with Crippen molar-refractivity contribution in [1.29, 1.82) is 0 Å². The summed E-state index contributed by atoms with van der Waals surface area (Å²) in [7, 11) is 3.26. The summed E-state index contributed by atoms with van der Waals surface area (Å²) in [5, 5.41) is 3.21. The predicted octanol–water partition coefficient (Wildman–Crippen LogP) is 4.66. The van der Waals surface area contributed by atoms with Gasteiger partial charge in [-0.2, -0.15) is 0 Å². The molecule has 5 rings (SSSR count). The monoisotopic (exact) mass is 387 g/mol. The van der Waals surface area contributed by atoms with Crippen LogP contribution < -0.4 is 14.8 Å². The van der Waals surface area contributed by atoms with Gasteiger partial charge in [0.05, 0.1) is 19.1 Å². The largest absolute Gasteiger partial charge is 0.493 e. The van der Waals surface area contributed by atoms with Crippen molar-refractivity contribution in [2.75, 3.05) is 32.8 Å². The van der Waals surface area contributed by atoms with Crippen LogP contribution in [0.25, 0.3) is 0 Å². The second kappa shape index (κ2) is 6.94.